The molecule has 0 heterocycles. The standard InChI is InChI=1S/C21H18ClFINO2/c1-26-20-11-14(12-25-19-9-5-3-7-16(19)22)10-18(24)21(20)27-13-15-6-2-4-8-17(15)23/h2-11,25H,12-13H2,1H3. The van der Waals surface area contributed by atoms with Gasteiger partial charge in [0.15, 0.2) is 11.5 Å². The van der Waals surface area contributed by atoms with Crippen molar-refractivity contribution in [3.63, 3.8) is 0 Å². The van der Waals surface area contributed by atoms with Crippen LogP contribution in [0.2, 0.25) is 5.02 Å². The van der Waals surface area contributed by atoms with Gasteiger partial charge >= 0.3 is 0 Å². The van der Waals surface area contributed by atoms with E-state index in [-0.39, 0.29) is 12.4 Å². The van der Waals surface area contributed by atoms with Crippen LogP contribution in [0.15, 0.2) is 60.7 Å². The number of methoxy groups -OCH3 is 1. The number of hydrogen-bond donors (Lipinski definition) is 1. The van der Waals surface area contributed by atoms with E-state index >= 15 is 0 Å². The first-order valence-corrected chi connectivity index (χ1v) is 9.75. The van der Waals surface area contributed by atoms with Gasteiger partial charge in [0.25, 0.3) is 0 Å². The van der Waals surface area contributed by atoms with Crippen LogP contribution in [0, 0.1) is 9.39 Å². The van der Waals surface area contributed by atoms with E-state index in [1.165, 1.54) is 6.07 Å². The molecule has 0 aliphatic heterocycles. The summed E-state index contributed by atoms with van der Waals surface area (Å²) in [6.45, 7) is 0.722. The van der Waals surface area contributed by atoms with E-state index in [2.05, 4.69) is 27.9 Å². The summed E-state index contributed by atoms with van der Waals surface area (Å²) >= 11 is 8.37. The minimum absolute atomic E-state index is 0.135. The Labute approximate surface area is 176 Å². The van der Waals surface area contributed by atoms with Crippen molar-refractivity contribution in [2.75, 3.05) is 12.4 Å². The van der Waals surface area contributed by atoms with Crippen LogP contribution in [0.25, 0.3) is 0 Å². The SMILES string of the molecule is COc1cc(CNc2ccccc2Cl)cc(I)c1OCc1ccccc1F. The summed E-state index contributed by atoms with van der Waals surface area (Å²) in [6.07, 6.45) is 0. The van der Waals surface area contributed by atoms with Gasteiger partial charge < -0.3 is 14.8 Å². The molecule has 0 unspecified atom stereocenters. The third kappa shape index (κ3) is 5.05. The van der Waals surface area contributed by atoms with Crippen LogP contribution in [0.5, 0.6) is 11.5 Å². The molecule has 6 heteroatoms. The Morgan fingerprint density at radius 2 is 1.81 bits per heavy atom. The fourth-order valence-corrected chi connectivity index (χ4v) is 3.61. The van der Waals surface area contributed by atoms with Crippen molar-refractivity contribution in [1.82, 2.24) is 0 Å². The molecule has 0 spiro atoms. The van der Waals surface area contributed by atoms with Crippen LogP contribution in [0.1, 0.15) is 11.1 Å². The lowest BCUT2D eigenvalue weighted by molar-refractivity contribution is 0.277. The van der Waals surface area contributed by atoms with Crippen molar-refractivity contribution >= 4 is 39.9 Å². The average molecular weight is 498 g/mol. The predicted octanol–water partition coefficient (Wildman–Crippen LogP) is 6.28. The molecule has 3 aromatic carbocycles. The minimum atomic E-state index is -0.285. The monoisotopic (exact) mass is 497 g/mol. The topological polar surface area (TPSA) is 30.5 Å². The maximum Gasteiger partial charge on any atom is 0.174 e. The lowest BCUT2D eigenvalue weighted by Crippen LogP contribution is -2.04. The number of halogens is 3. The molecule has 0 saturated heterocycles. The van der Waals surface area contributed by atoms with Gasteiger partial charge in [0, 0.05) is 12.1 Å². The number of hydrogen-bond acceptors (Lipinski definition) is 3. The molecule has 0 fully saturated rings. The van der Waals surface area contributed by atoms with Crippen LogP contribution < -0.4 is 14.8 Å². The predicted molar refractivity (Wildman–Crippen MR) is 115 cm³/mol. The van der Waals surface area contributed by atoms with Crippen molar-refractivity contribution in [3.8, 4) is 11.5 Å². The first-order valence-electron chi connectivity index (χ1n) is 8.29. The molecule has 0 saturated carbocycles. The van der Waals surface area contributed by atoms with E-state index in [9.17, 15) is 4.39 Å². The second-order valence-electron chi connectivity index (χ2n) is 5.82. The van der Waals surface area contributed by atoms with E-state index in [4.69, 9.17) is 21.1 Å². The van der Waals surface area contributed by atoms with Crippen molar-refractivity contribution in [1.29, 1.82) is 0 Å². The fraction of sp³-hybridized carbons (Fsp3) is 0.143. The number of benzene rings is 3. The molecular weight excluding hydrogens is 480 g/mol. The van der Waals surface area contributed by atoms with Gasteiger partial charge in [0.05, 0.1) is 21.4 Å². The number of anilines is 1. The van der Waals surface area contributed by atoms with E-state index in [1.807, 2.05) is 36.4 Å². The summed E-state index contributed by atoms with van der Waals surface area (Å²) in [7, 11) is 1.59. The van der Waals surface area contributed by atoms with Crippen molar-refractivity contribution in [2.24, 2.45) is 0 Å². The Kier molecular flexibility index (Phi) is 6.79. The molecule has 0 aliphatic carbocycles. The first kappa shape index (κ1) is 19.8. The normalized spacial score (nSPS) is 10.5. The Morgan fingerprint density at radius 3 is 2.56 bits per heavy atom. The molecule has 3 rings (SSSR count). The van der Waals surface area contributed by atoms with Crippen LogP contribution >= 0.6 is 34.2 Å². The summed E-state index contributed by atoms with van der Waals surface area (Å²) in [4.78, 5) is 0. The summed E-state index contributed by atoms with van der Waals surface area (Å²) < 4.78 is 26.0. The van der Waals surface area contributed by atoms with Gasteiger partial charge in [-0.3, -0.25) is 0 Å². The Bertz CT molecular complexity index is 936. The Balaban J connectivity index is 1.75. The highest BCUT2D eigenvalue weighted by Crippen LogP contribution is 2.35. The molecule has 1 N–H and O–H groups in total. The summed E-state index contributed by atoms with van der Waals surface area (Å²) in [5, 5.41) is 3.98. The van der Waals surface area contributed by atoms with E-state index in [0.29, 0.717) is 28.6 Å². The average Bonchev–Trinajstić information content (AvgIpc) is 2.67. The fourth-order valence-electron chi connectivity index (χ4n) is 2.58. The quantitative estimate of drug-likeness (QED) is 0.390. The summed E-state index contributed by atoms with van der Waals surface area (Å²) in [6, 6.07) is 18.1. The van der Waals surface area contributed by atoms with Gasteiger partial charge in [-0.2, -0.15) is 0 Å². The molecule has 3 aromatic rings. The zero-order valence-corrected chi connectivity index (χ0v) is 17.6. The maximum absolute atomic E-state index is 13.8. The van der Waals surface area contributed by atoms with Gasteiger partial charge in [-0.15, -0.1) is 0 Å². The highest BCUT2D eigenvalue weighted by molar-refractivity contribution is 14.1. The van der Waals surface area contributed by atoms with Crippen LogP contribution in [-0.4, -0.2) is 7.11 Å². The van der Waals surface area contributed by atoms with Crippen LogP contribution in [0.4, 0.5) is 10.1 Å². The van der Waals surface area contributed by atoms with E-state index in [1.54, 1.807) is 25.3 Å². The van der Waals surface area contributed by atoms with Gasteiger partial charge in [-0.1, -0.05) is 41.9 Å². The smallest absolute Gasteiger partial charge is 0.174 e. The molecule has 0 aromatic heterocycles. The molecule has 3 nitrogen and oxygen atoms in total. The van der Waals surface area contributed by atoms with Crippen LogP contribution in [-0.2, 0) is 13.2 Å². The van der Waals surface area contributed by atoms with Gasteiger partial charge in [0.1, 0.15) is 12.4 Å². The van der Waals surface area contributed by atoms with E-state index in [0.717, 1.165) is 14.8 Å². The molecule has 0 bridgehead atoms. The Morgan fingerprint density at radius 1 is 1.07 bits per heavy atom. The van der Waals surface area contributed by atoms with Gasteiger partial charge in [0.2, 0.25) is 0 Å². The van der Waals surface area contributed by atoms with Gasteiger partial charge in [-0.05, 0) is 58.5 Å². The molecular formula is C21H18ClFINO2. The molecule has 27 heavy (non-hydrogen) atoms. The highest BCUT2D eigenvalue weighted by Gasteiger charge is 2.13. The zero-order valence-electron chi connectivity index (χ0n) is 14.6. The van der Waals surface area contributed by atoms with Crippen molar-refractivity contribution in [2.45, 2.75) is 13.2 Å². The van der Waals surface area contributed by atoms with Crippen molar-refractivity contribution in [3.05, 3.63) is 86.2 Å². The first-order chi connectivity index (χ1) is 13.1. The number of nitrogens with one attached hydrogen (secondary N) is 1. The van der Waals surface area contributed by atoms with Gasteiger partial charge in [-0.25, -0.2) is 4.39 Å². The number of rotatable bonds is 7. The molecule has 140 valence electrons. The summed E-state index contributed by atoms with van der Waals surface area (Å²) in [5.74, 6) is 0.920. The second-order valence-corrected chi connectivity index (χ2v) is 7.39. The van der Waals surface area contributed by atoms with E-state index < -0.39 is 0 Å². The lowest BCUT2D eigenvalue weighted by atomic mass is 10.2. The molecule has 0 aliphatic rings. The molecule has 0 amide bonds. The Hall–Kier alpha value is -1.99. The minimum Gasteiger partial charge on any atom is -0.493 e. The number of para-hydroxylation sites is 1. The second kappa shape index (κ2) is 9.28. The maximum atomic E-state index is 13.8. The van der Waals surface area contributed by atoms with Crippen molar-refractivity contribution < 1.29 is 13.9 Å². The zero-order chi connectivity index (χ0) is 19.2. The summed E-state index contributed by atoms with van der Waals surface area (Å²) in [5.41, 5.74) is 2.39. The lowest BCUT2D eigenvalue weighted by Gasteiger charge is -2.15. The highest BCUT2D eigenvalue weighted by atomic mass is 127. The molecule has 0 atom stereocenters. The molecule has 0 radical (unpaired) electrons. The number of ether oxygens (including phenoxy) is 2. The third-order valence-corrected chi connectivity index (χ3v) is 5.11. The van der Waals surface area contributed by atoms with Crippen LogP contribution in [0.3, 0.4) is 0 Å². The third-order valence-electron chi connectivity index (χ3n) is 3.98. The largest absolute Gasteiger partial charge is 0.493 e.